The molecule has 146 valence electrons. The molecule has 1 atom stereocenters. The number of cyclic esters (lactones) is 1. The Morgan fingerprint density at radius 2 is 1.93 bits per heavy atom. The van der Waals surface area contributed by atoms with Crippen molar-refractivity contribution in [2.24, 2.45) is 0 Å². The third-order valence-corrected chi connectivity index (χ3v) is 4.94. The van der Waals surface area contributed by atoms with E-state index in [2.05, 4.69) is 39.9 Å². The van der Waals surface area contributed by atoms with E-state index >= 15 is 0 Å². The molecule has 2 N–H and O–H groups in total. The minimum absolute atomic E-state index is 0.147. The van der Waals surface area contributed by atoms with Crippen LogP contribution in [0, 0.1) is 0 Å². The number of carbonyl (C=O) groups is 2. The van der Waals surface area contributed by atoms with E-state index in [1.165, 1.54) is 30.2 Å². The van der Waals surface area contributed by atoms with Crippen molar-refractivity contribution in [3.8, 4) is 11.1 Å². The number of amides is 2. The van der Waals surface area contributed by atoms with E-state index in [-0.39, 0.29) is 12.0 Å². The van der Waals surface area contributed by atoms with Crippen LogP contribution in [0.5, 0.6) is 0 Å². The Labute approximate surface area is 164 Å². The second-order valence-electron chi connectivity index (χ2n) is 7.31. The van der Waals surface area contributed by atoms with Crippen molar-refractivity contribution < 1.29 is 14.3 Å². The van der Waals surface area contributed by atoms with Gasteiger partial charge in [-0.3, -0.25) is 9.69 Å². The first-order valence-electron chi connectivity index (χ1n) is 9.60. The minimum atomic E-state index is -0.442. The Morgan fingerprint density at radius 1 is 1.18 bits per heavy atom. The Kier molecular flexibility index (Phi) is 5.25. The zero-order chi connectivity index (χ0) is 19.5. The third kappa shape index (κ3) is 4.48. The summed E-state index contributed by atoms with van der Waals surface area (Å²) in [5.74, 6) is 0.399. The fraction of sp³-hybridized carbons (Fsp3) is 0.381. The standard InChI is InChI=1S/C21H24N4O3/c1-14(26)22-12-19-13-25(21(27)28-19)20-9-6-17(11-24-20)16-4-2-15(3-5-16)10-23-18-7-8-18/h2-6,9,11,18-19,23H,7-8,10,12-13H2,1H3,(H,22,26)/t19-/m0/s1. The van der Waals surface area contributed by atoms with Gasteiger partial charge in [-0.15, -0.1) is 0 Å². The van der Waals surface area contributed by atoms with Gasteiger partial charge in [0.2, 0.25) is 5.91 Å². The molecule has 2 amide bonds. The maximum absolute atomic E-state index is 12.1. The highest BCUT2D eigenvalue weighted by molar-refractivity contribution is 5.88. The van der Waals surface area contributed by atoms with Crippen molar-refractivity contribution in [3.05, 3.63) is 48.2 Å². The Morgan fingerprint density at radius 3 is 2.57 bits per heavy atom. The van der Waals surface area contributed by atoms with Crippen molar-refractivity contribution in [1.82, 2.24) is 15.6 Å². The Bertz CT molecular complexity index is 847. The van der Waals surface area contributed by atoms with E-state index in [1.807, 2.05) is 12.1 Å². The summed E-state index contributed by atoms with van der Waals surface area (Å²) in [6.45, 7) is 3.01. The average Bonchev–Trinajstić information content (AvgIpc) is 3.46. The molecular weight excluding hydrogens is 356 g/mol. The molecule has 2 fully saturated rings. The van der Waals surface area contributed by atoms with E-state index in [4.69, 9.17) is 4.74 Å². The fourth-order valence-electron chi connectivity index (χ4n) is 3.15. The van der Waals surface area contributed by atoms with E-state index in [1.54, 1.807) is 6.20 Å². The summed E-state index contributed by atoms with van der Waals surface area (Å²) < 4.78 is 5.28. The maximum atomic E-state index is 12.1. The van der Waals surface area contributed by atoms with E-state index in [0.29, 0.717) is 24.9 Å². The Hall–Kier alpha value is -2.93. The van der Waals surface area contributed by atoms with Crippen LogP contribution in [0.2, 0.25) is 0 Å². The van der Waals surface area contributed by atoms with Crippen LogP contribution in [0.25, 0.3) is 11.1 Å². The van der Waals surface area contributed by atoms with Crippen LogP contribution in [-0.2, 0) is 16.1 Å². The summed E-state index contributed by atoms with van der Waals surface area (Å²) in [4.78, 5) is 29.0. The number of nitrogens with one attached hydrogen (secondary N) is 2. The zero-order valence-electron chi connectivity index (χ0n) is 15.9. The molecule has 4 rings (SSSR count). The van der Waals surface area contributed by atoms with Gasteiger partial charge in [0.05, 0.1) is 13.1 Å². The molecule has 1 saturated carbocycles. The highest BCUT2D eigenvalue weighted by Crippen LogP contribution is 2.24. The predicted octanol–water partition coefficient (Wildman–Crippen LogP) is 2.46. The first-order valence-corrected chi connectivity index (χ1v) is 9.60. The van der Waals surface area contributed by atoms with Crippen molar-refractivity contribution in [3.63, 3.8) is 0 Å². The van der Waals surface area contributed by atoms with Gasteiger partial charge >= 0.3 is 6.09 Å². The van der Waals surface area contributed by atoms with Gasteiger partial charge in [-0.05, 0) is 36.1 Å². The van der Waals surface area contributed by atoms with Crippen LogP contribution in [0.3, 0.4) is 0 Å². The number of hydrogen-bond acceptors (Lipinski definition) is 5. The molecule has 7 nitrogen and oxygen atoms in total. The van der Waals surface area contributed by atoms with Crippen molar-refractivity contribution in [1.29, 1.82) is 0 Å². The van der Waals surface area contributed by atoms with Gasteiger partial charge < -0.3 is 15.4 Å². The topological polar surface area (TPSA) is 83.6 Å². The number of ether oxygens (including phenoxy) is 1. The van der Waals surface area contributed by atoms with Crippen LogP contribution in [0.15, 0.2) is 42.6 Å². The van der Waals surface area contributed by atoms with Crippen LogP contribution >= 0.6 is 0 Å². The lowest BCUT2D eigenvalue weighted by Gasteiger charge is -2.12. The molecule has 0 radical (unpaired) electrons. The summed E-state index contributed by atoms with van der Waals surface area (Å²) in [6, 6.07) is 12.9. The van der Waals surface area contributed by atoms with Gasteiger partial charge in [0.1, 0.15) is 11.9 Å². The minimum Gasteiger partial charge on any atom is -0.442 e. The molecule has 1 saturated heterocycles. The van der Waals surface area contributed by atoms with Crippen molar-refractivity contribution in [2.45, 2.75) is 38.5 Å². The number of nitrogens with zero attached hydrogens (tertiary/aromatic N) is 2. The zero-order valence-corrected chi connectivity index (χ0v) is 15.9. The van der Waals surface area contributed by atoms with Crippen molar-refractivity contribution in [2.75, 3.05) is 18.0 Å². The highest BCUT2D eigenvalue weighted by atomic mass is 16.6. The molecule has 2 heterocycles. The third-order valence-electron chi connectivity index (χ3n) is 4.94. The van der Waals surface area contributed by atoms with Crippen molar-refractivity contribution >= 4 is 17.8 Å². The number of hydrogen-bond donors (Lipinski definition) is 2. The molecule has 1 aliphatic carbocycles. The van der Waals surface area contributed by atoms with Crippen LogP contribution < -0.4 is 15.5 Å². The molecule has 7 heteroatoms. The van der Waals surface area contributed by atoms with Gasteiger partial charge in [0, 0.05) is 31.3 Å². The molecule has 0 bridgehead atoms. The summed E-state index contributed by atoms with van der Waals surface area (Å²) in [5, 5.41) is 6.17. The smallest absolute Gasteiger partial charge is 0.416 e. The van der Waals surface area contributed by atoms with E-state index < -0.39 is 6.09 Å². The van der Waals surface area contributed by atoms with Crippen LogP contribution in [0.1, 0.15) is 25.3 Å². The monoisotopic (exact) mass is 380 g/mol. The second-order valence-corrected chi connectivity index (χ2v) is 7.31. The normalized spacial score (nSPS) is 18.8. The average molecular weight is 380 g/mol. The number of carbonyl (C=O) groups excluding carboxylic acids is 2. The molecule has 28 heavy (non-hydrogen) atoms. The lowest BCUT2D eigenvalue weighted by Crippen LogP contribution is -2.33. The molecule has 0 unspecified atom stereocenters. The van der Waals surface area contributed by atoms with Gasteiger partial charge in [0.15, 0.2) is 0 Å². The quantitative estimate of drug-likeness (QED) is 0.771. The predicted molar refractivity (Wildman–Crippen MR) is 106 cm³/mol. The van der Waals surface area contributed by atoms with E-state index in [0.717, 1.165) is 17.7 Å². The van der Waals surface area contributed by atoms with E-state index in [9.17, 15) is 9.59 Å². The molecule has 2 aliphatic rings. The fourth-order valence-corrected chi connectivity index (χ4v) is 3.15. The molecule has 1 aromatic carbocycles. The van der Waals surface area contributed by atoms with Crippen LogP contribution in [0.4, 0.5) is 10.6 Å². The lowest BCUT2D eigenvalue weighted by molar-refractivity contribution is -0.119. The number of anilines is 1. The van der Waals surface area contributed by atoms with Gasteiger partial charge in [0.25, 0.3) is 0 Å². The maximum Gasteiger partial charge on any atom is 0.416 e. The molecule has 0 spiro atoms. The summed E-state index contributed by atoms with van der Waals surface area (Å²) in [6.07, 6.45) is 3.53. The van der Waals surface area contributed by atoms with Gasteiger partial charge in [-0.25, -0.2) is 9.78 Å². The number of benzene rings is 1. The molecular formula is C21H24N4O3. The first-order chi connectivity index (χ1) is 13.6. The number of aromatic nitrogens is 1. The van der Waals surface area contributed by atoms with Crippen LogP contribution in [-0.4, -0.2) is 42.2 Å². The SMILES string of the molecule is CC(=O)NC[C@H]1CN(c2ccc(-c3ccc(CNC4CC4)cc3)cn2)C(=O)O1. The largest absolute Gasteiger partial charge is 0.442 e. The molecule has 2 aromatic rings. The van der Waals surface area contributed by atoms with Gasteiger partial charge in [-0.1, -0.05) is 24.3 Å². The highest BCUT2D eigenvalue weighted by Gasteiger charge is 2.33. The summed E-state index contributed by atoms with van der Waals surface area (Å²) >= 11 is 0. The number of pyridine rings is 1. The summed E-state index contributed by atoms with van der Waals surface area (Å²) in [5.41, 5.74) is 3.35. The van der Waals surface area contributed by atoms with Gasteiger partial charge in [-0.2, -0.15) is 0 Å². The lowest BCUT2D eigenvalue weighted by atomic mass is 10.1. The molecule has 1 aliphatic heterocycles. The summed E-state index contributed by atoms with van der Waals surface area (Å²) in [7, 11) is 0. The number of rotatable bonds is 7. The first kappa shape index (κ1) is 18.4. The second kappa shape index (κ2) is 7.98. The molecule has 1 aromatic heterocycles. The Balaban J connectivity index is 1.38.